The van der Waals surface area contributed by atoms with E-state index in [9.17, 15) is 13.2 Å². The Hall–Kier alpha value is -0.640. The maximum absolute atomic E-state index is 11.4. The van der Waals surface area contributed by atoms with Crippen LogP contribution in [0.5, 0.6) is 0 Å². The zero-order chi connectivity index (χ0) is 18.1. The summed E-state index contributed by atoms with van der Waals surface area (Å²) < 4.78 is 21.9. The van der Waals surface area contributed by atoms with Crippen molar-refractivity contribution in [3.63, 3.8) is 0 Å². The molecule has 0 aromatic carbocycles. The van der Waals surface area contributed by atoms with E-state index in [4.69, 9.17) is 0 Å². The molecule has 24 heavy (non-hydrogen) atoms. The van der Waals surface area contributed by atoms with Gasteiger partial charge in [-0.05, 0) is 32.1 Å². The van der Waals surface area contributed by atoms with Crippen LogP contribution in [0.15, 0.2) is 12.2 Å². The third-order valence-corrected chi connectivity index (χ3v) is 4.99. The van der Waals surface area contributed by atoms with Crippen molar-refractivity contribution < 1.29 is 13.2 Å². The van der Waals surface area contributed by atoms with Crippen LogP contribution in [0, 0.1) is 0 Å². The number of rotatable bonds is 17. The monoisotopic (exact) mass is 358 g/mol. The quantitative estimate of drug-likeness (QED) is 0.250. The molecule has 0 fully saturated rings. The van der Waals surface area contributed by atoms with Gasteiger partial charge in [0.15, 0.2) is 9.84 Å². The van der Waals surface area contributed by atoms with Gasteiger partial charge in [0.1, 0.15) is 11.5 Å². The maximum Gasteiger partial charge on any atom is 0.154 e. The van der Waals surface area contributed by atoms with Crippen molar-refractivity contribution in [3.8, 4) is 0 Å². The molecular weight excluding hydrogens is 320 g/mol. The Bertz CT molecular complexity index is 424. The number of carbonyl (C=O) groups is 1. The van der Waals surface area contributed by atoms with Gasteiger partial charge >= 0.3 is 0 Å². The lowest BCUT2D eigenvalue weighted by atomic mass is 10.1. The Morgan fingerprint density at radius 1 is 0.750 bits per heavy atom. The molecule has 0 amide bonds. The van der Waals surface area contributed by atoms with Gasteiger partial charge in [-0.25, -0.2) is 8.42 Å². The molecule has 0 bridgehead atoms. The predicted molar refractivity (Wildman–Crippen MR) is 104 cm³/mol. The molecule has 0 saturated heterocycles. The van der Waals surface area contributed by atoms with E-state index in [0.29, 0.717) is 6.42 Å². The first kappa shape index (κ1) is 23.4. The van der Waals surface area contributed by atoms with Gasteiger partial charge in [0.25, 0.3) is 0 Å². The zero-order valence-corrected chi connectivity index (χ0v) is 16.7. The molecule has 0 saturated carbocycles. The van der Waals surface area contributed by atoms with E-state index in [1.807, 2.05) is 0 Å². The highest BCUT2D eigenvalue weighted by molar-refractivity contribution is 7.91. The normalized spacial score (nSPS) is 12.1. The molecule has 0 atom stereocenters. The number of sulfone groups is 1. The van der Waals surface area contributed by atoms with E-state index in [1.54, 1.807) is 0 Å². The van der Waals surface area contributed by atoms with Gasteiger partial charge < -0.3 is 0 Å². The third kappa shape index (κ3) is 19.4. The van der Waals surface area contributed by atoms with Crippen LogP contribution in [0.3, 0.4) is 0 Å². The molecule has 0 radical (unpaired) electrons. The van der Waals surface area contributed by atoms with Crippen LogP contribution < -0.4 is 0 Å². The Kier molecular flexibility index (Phi) is 15.4. The lowest BCUT2D eigenvalue weighted by Crippen LogP contribution is -2.13. The van der Waals surface area contributed by atoms with Crippen molar-refractivity contribution >= 4 is 15.6 Å². The summed E-state index contributed by atoms with van der Waals surface area (Å²) in [4.78, 5) is 11.4. The largest absolute Gasteiger partial charge is 0.299 e. The smallest absolute Gasteiger partial charge is 0.154 e. The fourth-order valence-corrected chi connectivity index (χ4v) is 3.49. The van der Waals surface area contributed by atoms with Crippen LogP contribution in [0.1, 0.15) is 96.8 Å². The molecule has 0 aromatic heterocycles. The lowest BCUT2D eigenvalue weighted by molar-refractivity contribution is -0.116. The molecular formula is C20H38O3S. The second-order valence-corrected chi connectivity index (χ2v) is 9.08. The number of hydrogen-bond acceptors (Lipinski definition) is 3. The molecule has 0 heterocycles. The molecule has 4 heteroatoms. The Morgan fingerprint density at radius 3 is 1.71 bits per heavy atom. The predicted octanol–water partition coefficient (Wildman–Crippen LogP) is 5.64. The van der Waals surface area contributed by atoms with Crippen LogP contribution in [-0.4, -0.2) is 26.2 Å². The standard InChI is InChI=1S/C20H38O3S/c1-3-4-5-6-7-8-9-10-11-12-13-14-15-16-17-18-20(21)19-24(2,22)23/h10-11H,3-9,12-19H2,1-2H3/b11-10-. The summed E-state index contributed by atoms with van der Waals surface area (Å²) >= 11 is 0. The number of Topliss-reactive ketones (excluding diaryl/α,β-unsaturated/α-hetero) is 1. The second-order valence-electron chi connectivity index (χ2n) is 6.94. The van der Waals surface area contributed by atoms with E-state index in [2.05, 4.69) is 19.1 Å². The first-order valence-corrected chi connectivity index (χ1v) is 11.9. The summed E-state index contributed by atoms with van der Waals surface area (Å²) in [5.74, 6) is -0.439. The number of ketones is 1. The minimum absolute atomic E-state index is 0.143. The summed E-state index contributed by atoms with van der Waals surface area (Å²) in [6.45, 7) is 2.25. The van der Waals surface area contributed by atoms with Crippen molar-refractivity contribution in [3.05, 3.63) is 12.2 Å². The van der Waals surface area contributed by atoms with E-state index in [1.165, 1.54) is 57.8 Å². The Labute approximate surface area is 150 Å². The number of unbranched alkanes of at least 4 members (excludes halogenated alkanes) is 11. The molecule has 0 aliphatic carbocycles. The lowest BCUT2D eigenvalue weighted by Gasteiger charge is -2.01. The highest BCUT2D eigenvalue weighted by Crippen LogP contribution is 2.10. The van der Waals surface area contributed by atoms with E-state index in [-0.39, 0.29) is 11.5 Å². The van der Waals surface area contributed by atoms with Gasteiger partial charge in [-0.15, -0.1) is 0 Å². The summed E-state index contributed by atoms with van der Waals surface area (Å²) in [6, 6.07) is 0. The summed E-state index contributed by atoms with van der Waals surface area (Å²) in [5.41, 5.74) is 0. The van der Waals surface area contributed by atoms with Gasteiger partial charge in [-0.1, -0.05) is 70.4 Å². The molecule has 0 unspecified atom stereocenters. The Morgan fingerprint density at radius 2 is 1.21 bits per heavy atom. The summed E-state index contributed by atoms with van der Waals surface area (Å²) in [7, 11) is -3.15. The topological polar surface area (TPSA) is 51.2 Å². The molecule has 142 valence electrons. The van der Waals surface area contributed by atoms with Crippen molar-refractivity contribution in [1.29, 1.82) is 0 Å². The number of carbonyl (C=O) groups excluding carboxylic acids is 1. The first-order chi connectivity index (χ1) is 11.5. The minimum Gasteiger partial charge on any atom is -0.299 e. The van der Waals surface area contributed by atoms with Crippen molar-refractivity contribution in [1.82, 2.24) is 0 Å². The number of hydrogen-bond donors (Lipinski definition) is 0. The van der Waals surface area contributed by atoms with Crippen molar-refractivity contribution in [2.24, 2.45) is 0 Å². The molecule has 0 spiro atoms. The van der Waals surface area contributed by atoms with Crippen molar-refractivity contribution in [2.45, 2.75) is 96.8 Å². The fourth-order valence-electron chi connectivity index (χ4n) is 2.76. The highest BCUT2D eigenvalue weighted by Gasteiger charge is 2.09. The fraction of sp³-hybridized carbons (Fsp3) is 0.850. The molecule has 3 nitrogen and oxygen atoms in total. The van der Waals surface area contributed by atoms with Gasteiger partial charge in [-0.2, -0.15) is 0 Å². The van der Waals surface area contributed by atoms with E-state index in [0.717, 1.165) is 31.9 Å². The van der Waals surface area contributed by atoms with Gasteiger partial charge in [0.05, 0.1) is 0 Å². The first-order valence-electron chi connectivity index (χ1n) is 9.80. The van der Waals surface area contributed by atoms with Crippen LogP contribution in [0.4, 0.5) is 0 Å². The average Bonchev–Trinajstić information content (AvgIpc) is 2.49. The zero-order valence-electron chi connectivity index (χ0n) is 15.9. The van der Waals surface area contributed by atoms with Gasteiger partial charge in [-0.3, -0.25) is 4.79 Å². The molecule has 0 rings (SSSR count). The summed E-state index contributed by atoms with van der Waals surface area (Å²) in [5, 5.41) is 0. The van der Waals surface area contributed by atoms with Crippen molar-refractivity contribution in [2.75, 3.05) is 12.0 Å². The average molecular weight is 359 g/mol. The maximum atomic E-state index is 11.4. The molecule has 0 aliphatic rings. The van der Waals surface area contributed by atoms with E-state index < -0.39 is 9.84 Å². The second kappa shape index (κ2) is 15.9. The summed E-state index contributed by atoms with van der Waals surface area (Å²) in [6.07, 6.45) is 22.1. The number of allylic oxidation sites excluding steroid dienone is 2. The molecule has 0 N–H and O–H groups in total. The van der Waals surface area contributed by atoms with Crippen LogP contribution in [-0.2, 0) is 14.6 Å². The van der Waals surface area contributed by atoms with E-state index >= 15 is 0 Å². The van der Waals surface area contributed by atoms with Crippen LogP contribution >= 0.6 is 0 Å². The van der Waals surface area contributed by atoms with Crippen LogP contribution in [0.25, 0.3) is 0 Å². The highest BCUT2D eigenvalue weighted by atomic mass is 32.2. The van der Waals surface area contributed by atoms with Gasteiger partial charge in [0.2, 0.25) is 0 Å². The SMILES string of the molecule is CCCCCCCC/C=C\CCCCCCCC(=O)CS(C)(=O)=O. The third-order valence-electron chi connectivity index (χ3n) is 4.14. The molecule has 0 aliphatic heterocycles. The Balaban J connectivity index is 3.27. The minimum atomic E-state index is -3.15. The van der Waals surface area contributed by atoms with Gasteiger partial charge in [0, 0.05) is 12.7 Å². The van der Waals surface area contributed by atoms with Crippen LogP contribution in [0.2, 0.25) is 0 Å². The molecule has 0 aromatic rings.